The number of benzene rings is 1. The highest BCUT2D eigenvalue weighted by Gasteiger charge is 2.13. The van der Waals surface area contributed by atoms with Crippen LogP contribution in [0.1, 0.15) is 17.5 Å². The first-order chi connectivity index (χ1) is 7.11. The van der Waals surface area contributed by atoms with E-state index in [4.69, 9.17) is 10.5 Å². The van der Waals surface area contributed by atoms with Crippen molar-refractivity contribution in [2.75, 3.05) is 13.7 Å². The molecule has 15 heavy (non-hydrogen) atoms. The molecular formula is C11H16BrNO2. The Bertz CT molecular complexity index is 353. The fourth-order valence-corrected chi connectivity index (χ4v) is 1.98. The van der Waals surface area contributed by atoms with E-state index in [9.17, 15) is 5.11 Å². The van der Waals surface area contributed by atoms with Gasteiger partial charge in [0.15, 0.2) is 11.5 Å². The Labute approximate surface area is 98.4 Å². The average Bonchev–Trinajstić information content (AvgIpc) is 2.23. The molecule has 0 atom stereocenters. The highest BCUT2D eigenvalue weighted by Crippen LogP contribution is 2.38. The Kier molecular flexibility index (Phi) is 4.42. The molecule has 0 saturated heterocycles. The van der Waals surface area contributed by atoms with Crippen molar-refractivity contribution in [3.05, 3.63) is 21.7 Å². The van der Waals surface area contributed by atoms with Crippen molar-refractivity contribution in [1.82, 2.24) is 0 Å². The molecule has 0 spiro atoms. The molecule has 84 valence electrons. The van der Waals surface area contributed by atoms with Gasteiger partial charge in [-0.2, -0.15) is 0 Å². The zero-order valence-corrected chi connectivity index (χ0v) is 10.6. The minimum atomic E-state index is 0.212. The number of halogens is 1. The van der Waals surface area contributed by atoms with Crippen molar-refractivity contribution in [2.24, 2.45) is 5.73 Å². The first-order valence-electron chi connectivity index (χ1n) is 4.86. The molecule has 1 rings (SSSR count). The number of nitrogens with two attached hydrogens (primary N) is 1. The Hall–Kier alpha value is -0.740. The SMILES string of the molecule is COc1cc(C)c(Br)c(CCCN)c1O. The lowest BCUT2D eigenvalue weighted by Crippen LogP contribution is -2.02. The number of aryl methyl sites for hydroxylation is 1. The molecular weight excluding hydrogens is 258 g/mol. The summed E-state index contributed by atoms with van der Waals surface area (Å²) in [6, 6.07) is 1.81. The molecule has 4 heteroatoms. The predicted octanol–water partition coefficient (Wildman–Crippen LogP) is 2.36. The van der Waals surface area contributed by atoms with Gasteiger partial charge in [-0.25, -0.2) is 0 Å². The van der Waals surface area contributed by atoms with E-state index in [1.54, 1.807) is 7.11 Å². The third kappa shape index (κ3) is 2.63. The van der Waals surface area contributed by atoms with E-state index in [0.29, 0.717) is 12.3 Å². The van der Waals surface area contributed by atoms with Gasteiger partial charge < -0.3 is 15.6 Å². The van der Waals surface area contributed by atoms with E-state index in [2.05, 4.69) is 15.9 Å². The lowest BCUT2D eigenvalue weighted by molar-refractivity contribution is 0.369. The van der Waals surface area contributed by atoms with Crippen molar-refractivity contribution in [1.29, 1.82) is 0 Å². The van der Waals surface area contributed by atoms with Crippen LogP contribution in [-0.2, 0) is 6.42 Å². The number of phenols is 1. The van der Waals surface area contributed by atoms with Crippen LogP contribution in [0, 0.1) is 6.92 Å². The molecule has 3 N–H and O–H groups in total. The summed E-state index contributed by atoms with van der Waals surface area (Å²) in [6.07, 6.45) is 1.60. The van der Waals surface area contributed by atoms with Gasteiger partial charge in [0.25, 0.3) is 0 Å². The van der Waals surface area contributed by atoms with E-state index < -0.39 is 0 Å². The van der Waals surface area contributed by atoms with Crippen molar-refractivity contribution in [3.63, 3.8) is 0 Å². The molecule has 0 aromatic heterocycles. The van der Waals surface area contributed by atoms with Crippen LogP contribution in [0.4, 0.5) is 0 Å². The number of hydrogen-bond acceptors (Lipinski definition) is 3. The zero-order valence-electron chi connectivity index (χ0n) is 9.01. The van der Waals surface area contributed by atoms with E-state index >= 15 is 0 Å². The van der Waals surface area contributed by atoms with Gasteiger partial charge in [0.2, 0.25) is 0 Å². The fourth-order valence-electron chi connectivity index (χ4n) is 1.48. The van der Waals surface area contributed by atoms with Crippen LogP contribution in [0.3, 0.4) is 0 Å². The monoisotopic (exact) mass is 273 g/mol. The third-order valence-electron chi connectivity index (χ3n) is 2.33. The van der Waals surface area contributed by atoms with E-state index in [1.165, 1.54) is 0 Å². The van der Waals surface area contributed by atoms with Crippen LogP contribution in [0.25, 0.3) is 0 Å². The number of hydrogen-bond donors (Lipinski definition) is 2. The topological polar surface area (TPSA) is 55.5 Å². The highest BCUT2D eigenvalue weighted by molar-refractivity contribution is 9.10. The highest BCUT2D eigenvalue weighted by atomic mass is 79.9. The molecule has 1 aromatic rings. The van der Waals surface area contributed by atoms with Crippen LogP contribution < -0.4 is 10.5 Å². The van der Waals surface area contributed by atoms with Crippen LogP contribution in [-0.4, -0.2) is 18.8 Å². The van der Waals surface area contributed by atoms with Gasteiger partial charge in [0.05, 0.1) is 7.11 Å². The molecule has 1 aromatic carbocycles. The second kappa shape index (κ2) is 5.37. The minimum absolute atomic E-state index is 0.212. The van der Waals surface area contributed by atoms with Crippen molar-refractivity contribution in [3.8, 4) is 11.5 Å². The smallest absolute Gasteiger partial charge is 0.162 e. The Morgan fingerprint density at radius 1 is 1.53 bits per heavy atom. The second-order valence-electron chi connectivity index (χ2n) is 3.43. The molecule has 0 heterocycles. The second-order valence-corrected chi connectivity index (χ2v) is 4.22. The quantitative estimate of drug-likeness (QED) is 0.886. The standard InChI is InChI=1S/C11H16BrNO2/c1-7-6-9(15-2)11(14)8(10(7)12)4-3-5-13/h6,14H,3-5,13H2,1-2H3. The lowest BCUT2D eigenvalue weighted by Gasteiger charge is -2.13. The summed E-state index contributed by atoms with van der Waals surface area (Å²) >= 11 is 3.47. The molecule has 0 aliphatic carbocycles. The maximum absolute atomic E-state index is 9.92. The van der Waals surface area contributed by atoms with E-state index in [-0.39, 0.29) is 5.75 Å². The van der Waals surface area contributed by atoms with Crippen molar-refractivity contribution < 1.29 is 9.84 Å². The van der Waals surface area contributed by atoms with Gasteiger partial charge in [-0.05, 0) is 37.9 Å². The molecule has 0 amide bonds. The van der Waals surface area contributed by atoms with E-state index in [0.717, 1.165) is 28.4 Å². The van der Waals surface area contributed by atoms with Gasteiger partial charge in [-0.1, -0.05) is 15.9 Å². The number of phenolic OH excluding ortho intramolecular Hbond substituents is 1. The normalized spacial score (nSPS) is 10.4. The molecule has 0 fully saturated rings. The molecule has 0 unspecified atom stereocenters. The molecule has 0 saturated carbocycles. The summed E-state index contributed by atoms with van der Waals surface area (Å²) < 4.78 is 6.04. The first kappa shape index (κ1) is 12.3. The number of ether oxygens (including phenoxy) is 1. The largest absolute Gasteiger partial charge is 0.504 e. The summed E-state index contributed by atoms with van der Waals surface area (Å²) in [5.74, 6) is 0.728. The van der Waals surface area contributed by atoms with Gasteiger partial charge in [-0.3, -0.25) is 0 Å². The molecule has 3 nitrogen and oxygen atoms in total. The minimum Gasteiger partial charge on any atom is -0.504 e. The average molecular weight is 274 g/mol. The lowest BCUT2D eigenvalue weighted by atomic mass is 10.0. The molecule has 0 aliphatic heterocycles. The van der Waals surface area contributed by atoms with Crippen LogP contribution in [0.5, 0.6) is 11.5 Å². The van der Waals surface area contributed by atoms with Gasteiger partial charge in [-0.15, -0.1) is 0 Å². The van der Waals surface area contributed by atoms with Crippen molar-refractivity contribution in [2.45, 2.75) is 19.8 Å². The van der Waals surface area contributed by atoms with Crippen LogP contribution >= 0.6 is 15.9 Å². The maximum Gasteiger partial charge on any atom is 0.162 e. The van der Waals surface area contributed by atoms with Gasteiger partial charge in [0, 0.05) is 10.0 Å². The third-order valence-corrected chi connectivity index (χ3v) is 3.43. The Morgan fingerprint density at radius 3 is 2.73 bits per heavy atom. The Morgan fingerprint density at radius 2 is 2.20 bits per heavy atom. The molecule has 0 bridgehead atoms. The van der Waals surface area contributed by atoms with Crippen LogP contribution in [0.2, 0.25) is 0 Å². The summed E-state index contributed by atoms with van der Waals surface area (Å²) in [7, 11) is 1.55. The van der Waals surface area contributed by atoms with Gasteiger partial charge in [0.1, 0.15) is 0 Å². The number of aromatic hydroxyl groups is 1. The summed E-state index contributed by atoms with van der Waals surface area (Å²) in [6.45, 7) is 2.58. The zero-order chi connectivity index (χ0) is 11.4. The summed E-state index contributed by atoms with van der Waals surface area (Å²) in [5.41, 5.74) is 7.38. The molecule has 0 aliphatic rings. The number of rotatable bonds is 4. The number of methoxy groups -OCH3 is 1. The van der Waals surface area contributed by atoms with Crippen molar-refractivity contribution >= 4 is 15.9 Å². The van der Waals surface area contributed by atoms with Gasteiger partial charge >= 0.3 is 0 Å². The predicted molar refractivity (Wildman–Crippen MR) is 64.5 cm³/mol. The van der Waals surface area contributed by atoms with Crippen LogP contribution in [0.15, 0.2) is 10.5 Å². The first-order valence-corrected chi connectivity index (χ1v) is 5.66. The summed E-state index contributed by atoms with van der Waals surface area (Å²) in [5, 5.41) is 9.92. The fraction of sp³-hybridized carbons (Fsp3) is 0.455. The Balaban J connectivity index is 3.15. The van der Waals surface area contributed by atoms with E-state index in [1.807, 2.05) is 13.0 Å². The summed E-state index contributed by atoms with van der Waals surface area (Å²) in [4.78, 5) is 0. The molecule has 0 radical (unpaired) electrons. The maximum atomic E-state index is 9.92.